The molecule has 0 bridgehead atoms. The van der Waals surface area contributed by atoms with Crippen molar-refractivity contribution in [2.75, 3.05) is 25.0 Å². The Morgan fingerprint density at radius 3 is 2.71 bits per heavy atom. The van der Waals surface area contributed by atoms with E-state index in [0.29, 0.717) is 18.9 Å². The SMILES string of the molecule is CCNCC(C)C(=O)Nc1ccc(OCC)cc1[N+](=O)[O-]. The Hall–Kier alpha value is -2.15. The molecule has 1 atom stereocenters. The number of benzene rings is 1. The maximum Gasteiger partial charge on any atom is 0.296 e. The predicted octanol–water partition coefficient (Wildman–Crippen LogP) is 2.18. The van der Waals surface area contributed by atoms with Crippen LogP contribution in [0.25, 0.3) is 0 Å². The van der Waals surface area contributed by atoms with Gasteiger partial charge in [-0.15, -0.1) is 0 Å². The van der Waals surface area contributed by atoms with Crippen molar-refractivity contribution in [3.8, 4) is 5.75 Å². The van der Waals surface area contributed by atoms with Gasteiger partial charge in [0.1, 0.15) is 11.4 Å². The van der Waals surface area contributed by atoms with Crippen LogP contribution in [-0.2, 0) is 4.79 Å². The molecule has 0 saturated heterocycles. The maximum atomic E-state index is 12.0. The molecule has 0 radical (unpaired) electrons. The molecular weight excluding hydrogens is 274 g/mol. The minimum absolute atomic E-state index is 0.176. The number of nitrogens with zero attached hydrogens (tertiary/aromatic N) is 1. The minimum Gasteiger partial charge on any atom is -0.494 e. The number of hydrogen-bond donors (Lipinski definition) is 2. The van der Waals surface area contributed by atoms with E-state index in [2.05, 4.69) is 10.6 Å². The number of amides is 1. The number of nitrogens with one attached hydrogen (secondary N) is 2. The Balaban J connectivity index is 2.86. The Morgan fingerprint density at radius 1 is 1.43 bits per heavy atom. The number of ether oxygens (including phenoxy) is 1. The van der Waals surface area contributed by atoms with Crippen molar-refractivity contribution in [2.24, 2.45) is 5.92 Å². The Morgan fingerprint density at radius 2 is 2.14 bits per heavy atom. The number of nitro groups is 1. The highest BCUT2D eigenvalue weighted by Crippen LogP contribution is 2.29. The molecule has 1 aromatic rings. The lowest BCUT2D eigenvalue weighted by Gasteiger charge is -2.13. The molecule has 0 aliphatic rings. The van der Waals surface area contributed by atoms with Gasteiger partial charge in [-0.3, -0.25) is 14.9 Å². The van der Waals surface area contributed by atoms with Crippen molar-refractivity contribution in [2.45, 2.75) is 20.8 Å². The van der Waals surface area contributed by atoms with Crippen LogP contribution in [0, 0.1) is 16.0 Å². The zero-order valence-electron chi connectivity index (χ0n) is 12.5. The van der Waals surface area contributed by atoms with Crippen LogP contribution in [0.3, 0.4) is 0 Å². The number of carbonyl (C=O) groups excluding carboxylic acids is 1. The highest BCUT2D eigenvalue weighted by Gasteiger charge is 2.20. The summed E-state index contributed by atoms with van der Waals surface area (Å²) in [5.74, 6) is -0.137. The molecule has 0 aromatic heterocycles. The minimum atomic E-state index is -0.535. The van der Waals surface area contributed by atoms with E-state index in [1.54, 1.807) is 19.9 Å². The van der Waals surface area contributed by atoms with Gasteiger partial charge in [0.15, 0.2) is 0 Å². The van der Waals surface area contributed by atoms with Crippen molar-refractivity contribution in [1.82, 2.24) is 5.32 Å². The lowest BCUT2D eigenvalue weighted by atomic mass is 10.1. The first-order chi connectivity index (χ1) is 9.99. The molecule has 0 aliphatic carbocycles. The molecule has 1 aromatic carbocycles. The van der Waals surface area contributed by atoms with Crippen molar-refractivity contribution in [1.29, 1.82) is 0 Å². The van der Waals surface area contributed by atoms with Crippen molar-refractivity contribution >= 4 is 17.3 Å². The number of rotatable bonds is 8. The molecule has 1 amide bonds. The second-order valence-electron chi connectivity index (χ2n) is 4.57. The molecule has 0 saturated carbocycles. The first-order valence-electron chi connectivity index (χ1n) is 6.92. The van der Waals surface area contributed by atoms with Crippen LogP contribution in [-0.4, -0.2) is 30.5 Å². The average molecular weight is 295 g/mol. The highest BCUT2D eigenvalue weighted by atomic mass is 16.6. The van der Waals surface area contributed by atoms with Gasteiger partial charge in [-0.2, -0.15) is 0 Å². The Kier molecular flexibility index (Phi) is 6.61. The van der Waals surface area contributed by atoms with E-state index in [1.165, 1.54) is 12.1 Å². The summed E-state index contributed by atoms with van der Waals surface area (Å²) in [5, 5.41) is 16.7. The van der Waals surface area contributed by atoms with Gasteiger partial charge in [-0.1, -0.05) is 13.8 Å². The van der Waals surface area contributed by atoms with Crippen LogP contribution in [0.2, 0.25) is 0 Å². The van der Waals surface area contributed by atoms with Gasteiger partial charge in [0, 0.05) is 12.5 Å². The van der Waals surface area contributed by atoms with Gasteiger partial charge >= 0.3 is 0 Å². The molecule has 1 rings (SSSR count). The van der Waals surface area contributed by atoms with E-state index in [0.717, 1.165) is 6.54 Å². The van der Waals surface area contributed by atoms with Crippen molar-refractivity contribution in [3.05, 3.63) is 28.3 Å². The van der Waals surface area contributed by atoms with E-state index < -0.39 is 4.92 Å². The fourth-order valence-electron chi connectivity index (χ4n) is 1.73. The number of anilines is 1. The van der Waals surface area contributed by atoms with E-state index in [-0.39, 0.29) is 23.2 Å². The van der Waals surface area contributed by atoms with Gasteiger partial charge in [0.25, 0.3) is 5.69 Å². The maximum absolute atomic E-state index is 12.0. The smallest absolute Gasteiger partial charge is 0.296 e. The summed E-state index contributed by atoms with van der Waals surface area (Å²) in [6.45, 7) is 7.21. The molecule has 21 heavy (non-hydrogen) atoms. The number of carbonyl (C=O) groups is 1. The van der Waals surface area contributed by atoms with Crippen LogP contribution in [0.4, 0.5) is 11.4 Å². The van der Waals surface area contributed by atoms with Gasteiger partial charge in [-0.05, 0) is 25.6 Å². The fourth-order valence-corrected chi connectivity index (χ4v) is 1.73. The molecule has 0 fully saturated rings. The Bertz CT molecular complexity index is 505. The summed E-state index contributed by atoms with van der Waals surface area (Å²) in [4.78, 5) is 22.6. The summed E-state index contributed by atoms with van der Waals surface area (Å²) in [6.07, 6.45) is 0. The third-order valence-corrected chi connectivity index (χ3v) is 2.88. The second kappa shape index (κ2) is 8.21. The summed E-state index contributed by atoms with van der Waals surface area (Å²) < 4.78 is 5.23. The highest BCUT2D eigenvalue weighted by molar-refractivity contribution is 5.94. The van der Waals surface area contributed by atoms with Crippen LogP contribution in [0.1, 0.15) is 20.8 Å². The Labute approximate surface area is 123 Å². The largest absolute Gasteiger partial charge is 0.494 e. The summed E-state index contributed by atoms with van der Waals surface area (Å²) in [6, 6.07) is 4.40. The first kappa shape index (κ1) is 16.9. The molecule has 0 aliphatic heterocycles. The monoisotopic (exact) mass is 295 g/mol. The van der Waals surface area contributed by atoms with Crippen molar-refractivity contribution in [3.63, 3.8) is 0 Å². The average Bonchev–Trinajstić information content (AvgIpc) is 2.46. The summed E-state index contributed by atoms with van der Waals surface area (Å²) in [7, 11) is 0. The molecular formula is C14H21N3O4. The fraction of sp³-hybridized carbons (Fsp3) is 0.500. The van der Waals surface area contributed by atoms with Gasteiger partial charge < -0.3 is 15.4 Å². The zero-order chi connectivity index (χ0) is 15.8. The normalized spacial score (nSPS) is 11.8. The van der Waals surface area contributed by atoms with Gasteiger partial charge in [0.05, 0.1) is 17.6 Å². The molecule has 2 N–H and O–H groups in total. The molecule has 7 heteroatoms. The van der Waals surface area contributed by atoms with Crippen LogP contribution >= 0.6 is 0 Å². The molecule has 0 spiro atoms. The van der Waals surface area contributed by atoms with E-state index in [4.69, 9.17) is 4.74 Å². The molecule has 1 unspecified atom stereocenters. The third-order valence-electron chi connectivity index (χ3n) is 2.88. The van der Waals surface area contributed by atoms with Gasteiger partial charge in [0.2, 0.25) is 5.91 Å². The van der Waals surface area contributed by atoms with E-state index in [9.17, 15) is 14.9 Å². The lowest BCUT2D eigenvalue weighted by Crippen LogP contribution is -2.30. The summed E-state index contributed by atoms with van der Waals surface area (Å²) in [5.41, 5.74) is 0.00162. The topological polar surface area (TPSA) is 93.5 Å². The standard InChI is InChI=1S/C14H21N3O4/c1-4-15-9-10(3)14(18)16-12-7-6-11(21-5-2)8-13(12)17(19)20/h6-8,10,15H,4-5,9H2,1-3H3,(H,16,18). The second-order valence-corrected chi connectivity index (χ2v) is 4.57. The molecule has 116 valence electrons. The number of hydrogen-bond acceptors (Lipinski definition) is 5. The van der Waals surface area contributed by atoms with Crippen molar-refractivity contribution < 1.29 is 14.5 Å². The van der Waals surface area contributed by atoms with Crippen LogP contribution in [0.5, 0.6) is 5.75 Å². The number of nitro benzene ring substituents is 1. The first-order valence-corrected chi connectivity index (χ1v) is 6.92. The third kappa shape index (κ3) is 5.03. The summed E-state index contributed by atoms with van der Waals surface area (Å²) >= 11 is 0. The zero-order valence-corrected chi connectivity index (χ0v) is 12.5. The molecule has 0 heterocycles. The van der Waals surface area contributed by atoms with E-state index >= 15 is 0 Å². The van der Waals surface area contributed by atoms with Crippen LogP contribution in [0.15, 0.2) is 18.2 Å². The quantitative estimate of drug-likeness (QED) is 0.566. The predicted molar refractivity (Wildman–Crippen MR) is 80.6 cm³/mol. The lowest BCUT2D eigenvalue weighted by molar-refractivity contribution is -0.384. The molecule has 7 nitrogen and oxygen atoms in total. The van der Waals surface area contributed by atoms with E-state index in [1.807, 2.05) is 6.92 Å². The van der Waals surface area contributed by atoms with Crippen LogP contribution < -0.4 is 15.4 Å². The van der Waals surface area contributed by atoms with Gasteiger partial charge in [-0.25, -0.2) is 0 Å².